The lowest BCUT2D eigenvalue weighted by molar-refractivity contribution is 0.102. The van der Waals surface area contributed by atoms with Crippen LogP contribution >= 0.6 is 0 Å². The van der Waals surface area contributed by atoms with Crippen molar-refractivity contribution in [3.8, 4) is 0 Å². The number of rotatable bonds is 3. The number of hydrogen-bond acceptors (Lipinski definition) is 7. The highest BCUT2D eigenvalue weighted by Crippen LogP contribution is 2.28. The molecular weight excluding hydrogens is 411 g/mol. The van der Waals surface area contributed by atoms with E-state index < -0.39 is 11.7 Å². The molecule has 1 fully saturated rings. The van der Waals surface area contributed by atoms with Crippen molar-refractivity contribution in [2.75, 3.05) is 23.3 Å². The number of piperazine rings is 1. The molecule has 1 saturated heterocycles. The van der Waals surface area contributed by atoms with E-state index in [0.29, 0.717) is 29.0 Å². The van der Waals surface area contributed by atoms with Gasteiger partial charge in [0.25, 0.3) is 5.91 Å². The van der Waals surface area contributed by atoms with Crippen LogP contribution in [0.1, 0.15) is 30.0 Å². The van der Waals surface area contributed by atoms with Crippen LogP contribution in [0.15, 0.2) is 36.9 Å². The van der Waals surface area contributed by atoms with E-state index in [0.717, 1.165) is 24.2 Å². The number of imidazole rings is 1. The molecule has 10 heteroatoms. The van der Waals surface area contributed by atoms with Crippen LogP contribution in [0.25, 0.3) is 16.6 Å². The molecule has 164 valence electrons. The lowest BCUT2D eigenvalue weighted by atomic mass is 10.1. The molecule has 1 amide bonds. The van der Waals surface area contributed by atoms with Gasteiger partial charge in [-0.05, 0) is 26.8 Å². The molecule has 0 bridgehead atoms. The van der Waals surface area contributed by atoms with Gasteiger partial charge in [-0.1, -0.05) is 0 Å². The van der Waals surface area contributed by atoms with Gasteiger partial charge in [0.05, 0.1) is 29.5 Å². The summed E-state index contributed by atoms with van der Waals surface area (Å²) in [5.41, 5.74) is 2.64. The molecule has 5 rings (SSSR count). The highest BCUT2D eigenvalue weighted by Gasteiger charge is 2.25. The van der Waals surface area contributed by atoms with Gasteiger partial charge in [0.2, 0.25) is 0 Å². The zero-order chi connectivity index (χ0) is 22.4. The summed E-state index contributed by atoms with van der Waals surface area (Å²) >= 11 is 0. The van der Waals surface area contributed by atoms with E-state index in [1.807, 2.05) is 6.07 Å². The zero-order valence-corrected chi connectivity index (χ0v) is 18.0. The number of anilines is 2. The van der Waals surface area contributed by atoms with Crippen LogP contribution in [0.3, 0.4) is 0 Å². The van der Waals surface area contributed by atoms with Crippen molar-refractivity contribution in [2.45, 2.75) is 32.9 Å². The fourth-order valence-electron chi connectivity index (χ4n) is 4.35. The smallest absolute Gasteiger partial charge is 0.276 e. The average molecular weight is 434 g/mol. The second-order valence-electron chi connectivity index (χ2n) is 8.30. The maximum absolute atomic E-state index is 14.4. The van der Waals surface area contributed by atoms with Crippen molar-refractivity contribution in [1.82, 2.24) is 29.9 Å². The van der Waals surface area contributed by atoms with E-state index in [9.17, 15) is 9.18 Å². The second-order valence-corrected chi connectivity index (χ2v) is 8.30. The largest absolute Gasteiger partial charge is 0.367 e. The summed E-state index contributed by atoms with van der Waals surface area (Å²) in [6.07, 6.45) is 6.61. The number of aryl methyl sites for hydroxylation is 1. The molecule has 0 saturated carbocycles. The number of nitrogens with zero attached hydrogens (tertiary/aromatic N) is 6. The number of carbonyl (C=O) groups is 1. The predicted octanol–water partition coefficient (Wildman–Crippen LogP) is 2.56. The Morgan fingerprint density at radius 2 is 2.03 bits per heavy atom. The van der Waals surface area contributed by atoms with E-state index in [1.165, 1.54) is 6.07 Å². The Bertz CT molecular complexity index is 1330. The Morgan fingerprint density at radius 3 is 2.81 bits per heavy atom. The molecule has 2 N–H and O–H groups in total. The average Bonchev–Trinajstić information content (AvgIpc) is 3.13. The molecule has 0 aliphatic carbocycles. The van der Waals surface area contributed by atoms with Gasteiger partial charge in [-0.25, -0.2) is 14.4 Å². The van der Waals surface area contributed by atoms with E-state index in [-0.39, 0.29) is 11.3 Å². The molecule has 32 heavy (non-hydrogen) atoms. The minimum absolute atomic E-state index is 0.135. The minimum atomic E-state index is -0.522. The summed E-state index contributed by atoms with van der Waals surface area (Å²) in [6.45, 7) is 7.69. The molecule has 0 radical (unpaired) electrons. The molecule has 2 atom stereocenters. The number of nitrogens with one attached hydrogen (secondary N) is 2. The monoisotopic (exact) mass is 434 g/mol. The molecule has 0 spiro atoms. The van der Waals surface area contributed by atoms with Gasteiger partial charge in [-0.3, -0.25) is 4.79 Å². The Labute approximate surface area is 183 Å². The topological polar surface area (TPSA) is 100 Å². The quantitative estimate of drug-likeness (QED) is 0.511. The molecule has 4 aromatic heterocycles. The van der Waals surface area contributed by atoms with E-state index >= 15 is 0 Å². The molecule has 1 aliphatic rings. The predicted molar refractivity (Wildman–Crippen MR) is 119 cm³/mol. The Balaban J connectivity index is 1.50. The van der Waals surface area contributed by atoms with Crippen LogP contribution in [0.4, 0.5) is 15.8 Å². The van der Waals surface area contributed by atoms with Gasteiger partial charge in [0, 0.05) is 49.0 Å². The van der Waals surface area contributed by atoms with Crippen molar-refractivity contribution in [1.29, 1.82) is 0 Å². The van der Waals surface area contributed by atoms with Crippen molar-refractivity contribution in [3.63, 3.8) is 0 Å². The summed E-state index contributed by atoms with van der Waals surface area (Å²) in [5.74, 6) is -1.01. The van der Waals surface area contributed by atoms with E-state index in [4.69, 9.17) is 0 Å². The van der Waals surface area contributed by atoms with E-state index in [2.05, 4.69) is 49.5 Å². The van der Waals surface area contributed by atoms with Crippen LogP contribution in [0.2, 0.25) is 0 Å². The maximum atomic E-state index is 14.4. The Morgan fingerprint density at radius 1 is 1.25 bits per heavy atom. The zero-order valence-electron chi connectivity index (χ0n) is 18.0. The normalized spacial score (nSPS) is 18.9. The first-order chi connectivity index (χ1) is 15.4. The molecule has 0 aromatic carbocycles. The summed E-state index contributed by atoms with van der Waals surface area (Å²) in [7, 11) is 0. The standard InChI is InChI=1S/C22H23FN8O/c1-12-8-30(9-13(2)26-12)18-7-24-20(19-16(18)4-5-25-29-19)22(32)28-15-6-17(23)21-27-14(3)10-31(21)11-15/h4-7,10-13,26H,8-9H2,1-3H3,(H,28,32)/t12-,13+. The summed E-state index contributed by atoms with van der Waals surface area (Å²) in [5, 5.41) is 15.2. The van der Waals surface area contributed by atoms with Gasteiger partial charge >= 0.3 is 0 Å². The fourth-order valence-corrected chi connectivity index (χ4v) is 4.35. The molecular formula is C22H23FN8O. The molecule has 4 aromatic rings. The first-order valence-corrected chi connectivity index (χ1v) is 10.5. The van der Waals surface area contributed by atoms with Crippen molar-refractivity contribution in [2.24, 2.45) is 0 Å². The van der Waals surface area contributed by atoms with Crippen LogP contribution in [-0.4, -0.2) is 55.6 Å². The lowest BCUT2D eigenvalue weighted by Crippen LogP contribution is -2.54. The highest BCUT2D eigenvalue weighted by atomic mass is 19.1. The van der Waals surface area contributed by atoms with Crippen LogP contribution in [0, 0.1) is 12.7 Å². The molecule has 5 heterocycles. The fraction of sp³-hybridized carbons (Fsp3) is 0.318. The van der Waals surface area contributed by atoms with Gasteiger partial charge in [0.1, 0.15) is 5.52 Å². The summed E-state index contributed by atoms with van der Waals surface area (Å²) in [4.78, 5) is 23.9. The number of halogens is 1. The molecule has 9 nitrogen and oxygen atoms in total. The van der Waals surface area contributed by atoms with Crippen molar-refractivity contribution >= 4 is 33.8 Å². The number of amides is 1. The highest BCUT2D eigenvalue weighted by molar-refractivity contribution is 6.12. The number of carbonyl (C=O) groups excluding carboxylic acids is 1. The van der Waals surface area contributed by atoms with Crippen molar-refractivity contribution in [3.05, 3.63) is 54.1 Å². The Kier molecular flexibility index (Phi) is 4.93. The Hall–Kier alpha value is -3.66. The number of aromatic nitrogens is 5. The van der Waals surface area contributed by atoms with Crippen molar-refractivity contribution < 1.29 is 9.18 Å². The van der Waals surface area contributed by atoms with Gasteiger partial charge in [-0.2, -0.15) is 5.10 Å². The van der Waals surface area contributed by atoms with Gasteiger partial charge in [0.15, 0.2) is 17.2 Å². The third-order valence-corrected chi connectivity index (χ3v) is 5.53. The van der Waals surface area contributed by atoms with Crippen LogP contribution < -0.4 is 15.5 Å². The van der Waals surface area contributed by atoms with Crippen LogP contribution in [0.5, 0.6) is 0 Å². The third-order valence-electron chi connectivity index (χ3n) is 5.53. The SMILES string of the molecule is Cc1cn2cc(NC(=O)c3ncc(N4C[C@@H](C)N[C@@H](C)C4)c4ccnnc34)cc(F)c2n1. The van der Waals surface area contributed by atoms with Gasteiger partial charge in [-0.15, -0.1) is 5.10 Å². The second kappa shape index (κ2) is 7.79. The number of hydrogen-bond donors (Lipinski definition) is 2. The number of pyridine rings is 2. The number of fused-ring (bicyclic) bond motifs is 2. The summed E-state index contributed by atoms with van der Waals surface area (Å²) < 4.78 is 15.9. The maximum Gasteiger partial charge on any atom is 0.276 e. The van der Waals surface area contributed by atoms with Crippen LogP contribution in [-0.2, 0) is 0 Å². The first-order valence-electron chi connectivity index (χ1n) is 10.5. The third kappa shape index (κ3) is 3.62. The molecule has 0 unspecified atom stereocenters. The van der Waals surface area contributed by atoms with Gasteiger partial charge < -0.3 is 19.9 Å². The lowest BCUT2D eigenvalue weighted by Gasteiger charge is -2.38. The van der Waals surface area contributed by atoms with E-state index in [1.54, 1.807) is 36.1 Å². The minimum Gasteiger partial charge on any atom is -0.367 e. The first kappa shape index (κ1) is 20.3. The molecule has 1 aliphatic heterocycles. The summed E-state index contributed by atoms with van der Waals surface area (Å²) in [6, 6.07) is 3.73.